The Labute approximate surface area is 355 Å². The van der Waals surface area contributed by atoms with E-state index in [1.165, 1.54) is 129 Å². The summed E-state index contributed by atoms with van der Waals surface area (Å²) < 4.78 is 11.9. The van der Waals surface area contributed by atoms with E-state index >= 15 is 0 Å². The molecule has 0 aromatic heterocycles. The smallest absolute Gasteiger partial charge is 0.328 e. The van der Waals surface area contributed by atoms with Crippen molar-refractivity contribution in [1.82, 2.24) is 16.0 Å². The maximum atomic E-state index is 13.0. The maximum absolute atomic E-state index is 13.0. The normalized spacial score (nSPS) is 11.9. The average molecular weight is 824 g/mol. The predicted octanol–water partition coefficient (Wildman–Crippen LogP) is 9.63. The number of hydrogen-bond donors (Lipinski definition) is 3. The third kappa shape index (κ3) is 40.1. The minimum atomic E-state index is -1.04. The molecule has 0 spiro atoms. The van der Waals surface area contributed by atoms with Gasteiger partial charge in [0.25, 0.3) is 0 Å². The summed E-state index contributed by atoms with van der Waals surface area (Å²) in [4.78, 5) is 63.0. The first-order valence-corrected chi connectivity index (χ1v) is 23.9. The molecule has 0 bridgehead atoms. The number of ether oxygens (including phenoxy) is 2. The van der Waals surface area contributed by atoms with Crippen LogP contribution in [0.5, 0.6) is 0 Å². The van der Waals surface area contributed by atoms with E-state index in [-0.39, 0.29) is 38.4 Å². The molecule has 0 unspecified atom stereocenters. The van der Waals surface area contributed by atoms with Gasteiger partial charge in [0.2, 0.25) is 17.7 Å². The number of esters is 2. The molecule has 0 aromatic rings. The summed E-state index contributed by atoms with van der Waals surface area (Å²) in [5, 5.41) is 7.76. The molecule has 3 N–H and O–H groups in total. The summed E-state index contributed by atoms with van der Waals surface area (Å²) in [5.41, 5.74) is 0. The second kappa shape index (κ2) is 39.8. The first-order valence-electron chi connectivity index (χ1n) is 23.9. The molecule has 0 fully saturated rings. The Hall–Kier alpha value is -2.69. The van der Waals surface area contributed by atoms with Crippen LogP contribution in [0.15, 0.2) is 0 Å². The fourth-order valence-electron chi connectivity index (χ4n) is 6.91. The standard InChI is InChI=1S/C47H90N4O7/c1-6-8-10-12-14-16-20-24-28-32-38-57-46(55)36-35-42(47(56)58-39-33-29-25-21-17-15-13-11-9-7-2)50-45(54)41-49-44(53)40-48-43(52)34-30-26-22-18-19-23-27-31-37-51(3,4)5/h42H,6-41H2,1-5H3,(H2-,48,49,50,52,53,54)/p+1/t42-/m0/s1. The molecule has 3 amide bonds. The lowest BCUT2D eigenvalue weighted by molar-refractivity contribution is -0.870. The number of carbonyl (C=O) groups is 5. The largest absolute Gasteiger partial charge is 0.466 e. The van der Waals surface area contributed by atoms with Gasteiger partial charge in [-0.2, -0.15) is 0 Å². The molecular weight excluding hydrogens is 733 g/mol. The van der Waals surface area contributed by atoms with Crippen LogP contribution in [-0.4, -0.2) is 94.2 Å². The van der Waals surface area contributed by atoms with Crippen LogP contribution in [0.3, 0.4) is 0 Å². The summed E-state index contributed by atoms with van der Waals surface area (Å²) in [7, 11) is 6.67. The van der Waals surface area contributed by atoms with Crippen molar-refractivity contribution in [2.45, 2.75) is 219 Å². The molecular formula is C47H91N4O7+. The van der Waals surface area contributed by atoms with E-state index in [1.54, 1.807) is 0 Å². The molecule has 0 radical (unpaired) electrons. The maximum Gasteiger partial charge on any atom is 0.328 e. The second-order valence-electron chi connectivity index (χ2n) is 17.6. The van der Waals surface area contributed by atoms with Gasteiger partial charge in [-0.1, -0.05) is 162 Å². The van der Waals surface area contributed by atoms with E-state index in [2.05, 4.69) is 50.9 Å². The number of unbranched alkanes of at least 4 members (excludes halogenated alkanes) is 25. The summed E-state index contributed by atoms with van der Waals surface area (Å²) >= 11 is 0. The number of nitrogens with zero attached hydrogens (tertiary/aromatic N) is 1. The molecule has 0 saturated heterocycles. The molecule has 0 aromatic carbocycles. The van der Waals surface area contributed by atoms with Crippen LogP contribution in [0.25, 0.3) is 0 Å². The number of carbonyl (C=O) groups excluding carboxylic acids is 5. The summed E-state index contributed by atoms with van der Waals surface area (Å²) in [6.45, 7) is 5.66. The molecule has 0 aliphatic carbocycles. The summed E-state index contributed by atoms with van der Waals surface area (Å²) in [5.74, 6) is -2.27. The van der Waals surface area contributed by atoms with E-state index in [9.17, 15) is 24.0 Å². The van der Waals surface area contributed by atoms with Gasteiger partial charge >= 0.3 is 11.9 Å². The highest BCUT2D eigenvalue weighted by Gasteiger charge is 2.24. The van der Waals surface area contributed by atoms with Crippen molar-refractivity contribution in [3.8, 4) is 0 Å². The van der Waals surface area contributed by atoms with E-state index < -0.39 is 29.8 Å². The van der Waals surface area contributed by atoms with Crippen molar-refractivity contribution in [2.75, 3.05) is 54.0 Å². The Morgan fingerprint density at radius 1 is 0.448 bits per heavy atom. The Morgan fingerprint density at radius 2 is 0.845 bits per heavy atom. The van der Waals surface area contributed by atoms with Crippen LogP contribution >= 0.6 is 0 Å². The van der Waals surface area contributed by atoms with Crippen LogP contribution in [0.1, 0.15) is 213 Å². The molecule has 0 aliphatic heterocycles. The van der Waals surface area contributed by atoms with E-state index in [4.69, 9.17) is 9.47 Å². The molecule has 0 aliphatic rings. The lowest BCUT2D eigenvalue weighted by Crippen LogP contribution is -2.47. The Balaban J connectivity index is 4.49. The monoisotopic (exact) mass is 824 g/mol. The minimum absolute atomic E-state index is 0.0361. The molecule has 0 saturated carbocycles. The van der Waals surface area contributed by atoms with Crippen molar-refractivity contribution in [2.24, 2.45) is 0 Å². The number of rotatable bonds is 42. The van der Waals surface area contributed by atoms with Gasteiger partial charge in [0.1, 0.15) is 6.04 Å². The van der Waals surface area contributed by atoms with Crippen molar-refractivity contribution in [3.05, 3.63) is 0 Å². The van der Waals surface area contributed by atoms with Gasteiger partial charge in [0.05, 0.1) is 54.0 Å². The van der Waals surface area contributed by atoms with Crippen molar-refractivity contribution in [1.29, 1.82) is 0 Å². The van der Waals surface area contributed by atoms with Gasteiger partial charge in [0.15, 0.2) is 0 Å². The van der Waals surface area contributed by atoms with Gasteiger partial charge in [-0.25, -0.2) is 4.79 Å². The Morgan fingerprint density at radius 3 is 1.33 bits per heavy atom. The lowest BCUT2D eigenvalue weighted by Gasteiger charge is -2.23. The van der Waals surface area contributed by atoms with Crippen molar-refractivity contribution < 1.29 is 37.9 Å². The highest BCUT2D eigenvalue weighted by atomic mass is 16.5. The van der Waals surface area contributed by atoms with Crippen LogP contribution in [0, 0.1) is 0 Å². The molecule has 11 heteroatoms. The minimum Gasteiger partial charge on any atom is -0.466 e. The van der Waals surface area contributed by atoms with Gasteiger partial charge in [0, 0.05) is 12.8 Å². The van der Waals surface area contributed by atoms with Gasteiger partial charge in [-0.3, -0.25) is 19.2 Å². The zero-order valence-corrected chi connectivity index (χ0v) is 38.3. The summed E-state index contributed by atoms with van der Waals surface area (Å²) in [6.07, 6.45) is 33.0. The Bertz CT molecular complexity index is 1030. The fraction of sp³-hybridized carbons (Fsp3) is 0.894. The van der Waals surface area contributed by atoms with Gasteiger partial charge < -0.3 is 29.9 Å². The molecule has 0 heterocycles. The highest BCUT2D eigenvalue weighted by molar-refractivity contribution is 5.90. The highest BCUT2D eigenvalue weighted by Crippen LogP contribution is 2.13. The third-order valence-electron chi connectivity index (χ3n) is 10.6. The van der Waals surface area contributed by atoms with Crippen LogP contribution in [-0.2, 0) is 33.4 Å². The first-order chi connectivity index (χ1) is 28.0. The van der Waals surface area contributed by atoms with Crippen LogP contribution in [0.4, 0.5) is 0 Å². The zero-order chi connectivity index (χ0) is 43.0. The fourth-order valence-corrected chi connectivity index (χ4v) is 6.91. The number of quaternary nitrogens is 1. The van der Waals surface area contributed by atoms with Gasteiger partial charge in [-0.15, -0.1) is 0 Å². The van der Waals surface area contributed by atoms with Crippen LogP contribution < -0.4 is 16.0 Å². The third-order valence-corrected chi connectivity index (χ3v) is 10.6. The predicted molar refractivity (Wildman–Crippen MR) is 237 cm³/mol. The number of nitrogens with one attached hydrogen (secondary N) is 3. The molecule has 11 nitrogen and oxygen atoms in total. The lowest BCUT2D eigenvalue weighted by atomic mass is 10.1. The molecule has 1 atom stereocenters. The SMILES string of the molecule is CCCCCCCCCCCCOC(=O)CC[C@H](NC(=O)CNC(=O)CNC(=O)CCCCCCCCCC[N+](C)(C)C)C(=O)OCCCCCCCCCCCC. The molecule has 58 heavy (non-hydrogen) atoms. The van der Waals surface area contributed by atoms with E-state index in [0.717, 1.165) is 62.3 Å². The topological polar surface area (TPSA) is 140 Å². The zero-order valence-electron chi connectivity index (χ0n) is 38.3. The molecule has 340 valence electrons. The van der Waals surface area contributed by atoms with Crippen LogP contribution in [0.2, 0.25) is 0 Å². The number of amides is 3. The van der Waals surface area contributed by atoms with Gasteiger partial charge in [-0.05, 0) is 38.5 Å². The summed E-state index contributed by atoms with van der Waals surface area (Å²) in [6, 6.07) is -1.04. The van der Waals surface area contributed by atoms with E-state index in [0.29, 0.717) is 13.0 Å². The first kappa shape index (κ1) is 55.3. The van der Waals surface area contributed by atoms with Crippen molar-refractivity contribution in [3.63, 3.8) is 0 Å². The quantitative estimate of drug-likeness (QED) is 0.0317. The van der Waals surface area contributed by atoms with Crippen molar-refractivity contribution >= 4 is 29.7 Å². The second-order valence-corrected chi connectivity index (χ2v) is 17.6. The number of hydrogen-bond acceptors (Lipinski definition) is 7. The average Bonchev–Trinajstić information content (AvgIpc) is 3.19. The molecule has 0 rings (SSSR count). The van der Waals surface area contributed by atoms with E-state index in [1.807, 2.05) is 0 Å². The Kier molecular flexibility index (Phi) is 37.9.